The number of hydrogen-bond acceptors (Lipinski definition) is 3. The number of anilines is 1. The van der Waals surface area contributed by atoms with E-state index < -0.39 is 0 Å². The van der Waals surface area contributed by atoms with Crippen LogP contribution in [-0.4, -0.2) is 25.0 Å². The fourth-order valence-electron chi connectivity index (χ4n) is 1.69. The van der Waals surface area contributed by atoms with Gasteiger partial charge in [-0.3, -0.25) is 4.79 Å². The van der Waals surface area contributed by atoms with Crippen LogP contribution in [0, 0.1) is 0 Å². The number of pyridine rings is 1. The number of methoxy groups -OCH3 is 1. The minimum atomic E-state index is -0.271. The highest BCUT2D eigenvalue weighted by Gasteiger charge is 2.18. The van der Waals surface area contributed by atoms with Crippen molar-refractivity contribution in [1.29, 1.82) is 0 Å². The van der Waals surface area contributed by atoms with Gasteiger partial charge in [-0.2, -0.15) is 0 Å². The van der Waals surface area contributed by atoms with E-state index in [2.05, 4.69) is 4.98 Å². The number of amides is 1. The molecule has 0 atom stereocenters. The highest BCUT2D eigenvalue weighted by molar-refractivity contribution is 6.35. The quantitative estimate of drug-likeness (QED) is 0.812. The topological polar surface area (TPSA) is 42.4 Å². The molecule has 20 heavy (non-hydrogen) atoms. The molecule has 0 aliphatic heterocycles. The van der Waals surface area contributed by atoms with Crippen LogP contribution in [0.4, 0.5) is 5.69 Å². The Morgan fingerprint density at radius 1 is 1.25 bits per heavy atom. The molecule has 1 aromatic heterocycles. The van der Waals surface area contributed by atoms with Gasteiger partial charge in [-0.15, -0.1) is 0 Å². The molecule has 0 saturated heterocycles. The monoisotopic (exact) mass is 310 g/mol. The number of benzene rings is 1. The second-order valence-electron chi connectivity index (χ2n) is 4.04. The number of nitrogens with zero attached hydrogens (tertiary/aromatic N) is 2. The summed E-state index contributed by atoms with van der Waals surface area (Å²) in [6.07, 6.45) is 0. The summed E-state index contributed by atoms with van der Waals surface area (Å²) in [5.41, 5.74) is 0.988. The normalized spacial score (nSPS) is 10.2. The predicted octanol–water partition coefficient (Wildman–Crippen LogP) is 3.67. The van der Waals surface area contributed by atoms with Gasteiger partial charge in [-0.1, -0.05) is 29.3 Å². The lowest BCUT2D eigenvalue weighted by Crippen LogP contribution is -2.26. The van der Waals surface area contributed by atoms with E-state index in [0.29, 0.717) is 17.0 Å². The van der Waals surface area contributed by atoms with Gasteiger partial charge in [0.1, 0.15) is 16.1 Å². The summed E-state index contributed by atoms with van der Waals surface area (Å²) in [6, 6.07) is 10.3. The van der Waals surface area contributed by atoms with Crippen LogP contribution >= 0.6 is 23.2 Å². The molecule has 0 aliphatic carbocycles. The third-order valence-electron chi connectivity index (χ3n) is 2.79. The Morgan fingerprint density at radius 2 is 2.00 bits per heavy atom. The third kappa shape index (κ3) is 3.03. The Hall–Kier alpha value is -1.78. The molecule has 104 valence electrons. The van der Waals surface area contributed by atoms with Crippen molar-refractivity contribution in [3.05, 3.63) is 52.3 Å². The maximum absolute atomic E-state index is 12.4. The molecule has 0 N–H and O–H groups in total. The van der Waals surface area contributed by atoms with Crippen molar-refractivity contribution >= 4 is 34.8 Å². The molecule has 0 spiro atoms. The minimum absolute atomic E-state index is 0.0808. The van der Waals surface area contributed by atoms with E-state index in [1.165, 1.54) is 11.0 Å². The van der Waals surface area contributed by atoms with Gasteiger partial charge in [0.2, 0.25) is 0 Å². The molecule has 0 bridgehead atoms. The molecule has 1 heterocycles. The van der Waals surface area contributed by atoms with Gasteiger partial charge in [0.25, 0.3) is 5.91 Å². The number of halogens is 2. The molecule has 0 aliphatic rings. The van der Waals surface area contributed by atoms with E-state index in [1.54, 1.807) is 44.5 Å². The summed E-state index contributed by atoms with van der Waals surface area (Å²) < 4.78 is 5.14. The lowest BCUT2D eigenvalue weighted by atomic mass is 10.2. The first-order valence-electron chi connectivity index (χ1n) is 5.77. The van der Waals surface area contributed by atoms with Crippen LogP contribution in [-0.2, 0) is 0 Å². The first-order valence-corrected chi connectivity index (χ1v) is 6.52. The van der Waals surface area contributed by atoms with E-state index in [4.69, 9.17) is 27.9 Å². The maximum Gasteiger partial charge on any atom is 0.261 e. The molecular formula is C14H12Cl2N2O2. The summed E-state index contributed by atoms with van der Waals surface area (Å²) in [4.78, 5) is 17.7. The Morgan fingerprint density at radius 3 is 2.65 bits per heavy atom. The summed E-state index contributed by atoms with van der Waals surface area (Å²) in [6.45, 7) is 0. The highest BCUT2D eigenvalue weighted by Crippen LogP contribution is 2.24. The molecule has 0 unspecified atom stereocenters. The van der Waals surface area contributed by atoms with Gasteiger partial charge in [-0.05, 0) is 24.3 Å². The predicted molar refractivity (Wildman–Crippen MR) is 80.0 cm³/mol. The summed E-state index contributed by atoms with van der Waals surface area (Å²) in [7, 11) is 3.23. The van der Waals surface area contributed by atoms with Crippen molar-refractivity contribution in [2.24, 2.45) is 0 Å². The standard InChI is InChI=1S/C14H12Cl2N2O2/c1-18(9-4-3-5-10(8-9)20-2)14(19)11-6-7-12(15)17-13(11)16/h3-8H,1-2H3. The van der Waals surface area contributed by atoms with Crippen molar-refractivity contribution in [3.63, 3.8) is 0 Å². The molecule has 6 heteroatoms. The summed E-state index contributed by atoms with van der Waals surface area (Å²) in [5, 5.41) is 0.327. The van der Waals surface area contributed by atoms with Gasteiger partial charge in [0.15, 0.2) is 0 Å². The number of hydrogen-bond donors (Lipinski definition) is 0. The van der Waals surface area contributed by atoms with Gasteiger partial charge >= 0.3 is 0 Å². The zero-order valence-corrected chi connectivity index (χ0v) is 12.4. The summed E-state index contributed by atoms with van der Waals surface area (Å²) in [5.74, 6) is 0.398. The zero-order chi connectivity index (χ0) is 14.7. The van der Waals surface area contributed by atoms with E-state index in [-0.39, 0.29) is 16.2 Å². The molecule has 2 aromatic rings. The number of aromatic nitrogens is 1. The van der Waals surface area contributed by atoms with E-state index >= 15 is 0 Å². The van der Waals surface area contributed by atoms with Gasteiger partial charge in [0, 0.05) is 18.8 Å². The van der Waals surface area contributed by atoms with Crippen molar-refractivity contribution < 1.29 is 9.53 Å². The van der Waals surface area contributed by atoms with Crippen LogP contribution in [0.3, 0.4) is 0 Å². The number of carbonyl (C=O) groups is 1. The third-order valence-corrected chi connectivity index (χ3v) is 3.29. The number of rotatable bonds is 3. The van der Waals surface area contributed by atoms with Crippen molar-refractivity contribution in [2.75, 3.05) is 19.1 Å². The molecule has 1 amide bonds. The Kier molecular flexibility index (Phi) is 4.47. The lowest BCUT2D eigenvalue weighted by molar-refractivity contribution is 0.0993. The van der Waals surface area contributed by atoms with E-state index in [0.717, 1.165) is 0 Å². The van der Waals surface area contributed by atoms with Crippen LogP contribution in [0.2, 0.25) is 10.3 Å². The van der Waals surface area contributed by atoms with Crippen LogP contribution < -0.4 is 9.64 Å². The molecular weight excluding hydrogens is 299 g/mol. The van der Waals surface area contributed by atoms with E-state index in [9.17, 15) is 4.79 Å². The van der Waals surface area contributed by atoms with Gasteiger partial charge < -0.3 is 9.64 Å². The van der Waals surface area contributed by atoms with Crippen molar-refractivity contribution in [3.8, 4) is 5.75 Å². The molecule has 1 aromatic carbocycles. The lowest BCUT2D eigenvalue weighted by Gasteiger charge is -2.18. The SMILES string of the molecule is COc1cccc(N(C)C(=O)c2ccc(Cl)nc2Cl)c1. The minimum Gasteiger partial charge on any atom is -0.497 e. The molecule has 0 saturated carbocycles. The molecule has 0 radical (unpaired) electrons. The summed E-state index contributed by atoms with van der Waals surface area (Å²) >= 11 is 11.7. The maximum atomic E-state index is 12.4. The van der Waals surface area contributed by atoms with Crippen molar-refractivity contribution in [1.82, 2.24) is 4.98 Å². The first kappa shape index (κ1) is 14.6. The fourth-order valence-corrected chi connectivity index (χ4v) is 2.11. The van der Waals surface area contributed by atoms with Gasteiger partial charge in [-0.25, -0.2) is 4.98 Å². The Labute approximate surface area is 126 Å². The average molecular weight is 311 g/mol. The number of ether oxygens (including phenoxy) is 1. The van der Waals surface area contributed by atoms with Crippen LogP contribution in [0.25, 0.3) is 0 Å². The van der Waals surface area contributed by atoms with Gasteiger partial charge in [0.05, 0.1) is 12.7 Å². The molecule has 4 nitrogen and oxygen atoms in total. The molecule has 2 rings (SSSR count). The van der Waals surface area contributed by atoms with Crippen LogP contribution in [0.5, 0.6) is 5.75 Å². The Bertz CT molecular complexity index is 647. The fraction of sp³-hybridized carbons (Fsp3) is 0.143. The first-order chi connectivity index (χ1) is 9.52. The van der Waals surface area contributed by atoms with Crippen LogP contribution in [0.15, 0.2) is 36.4 Å². The largest absolute Gasteiger partial charge is 0.497 e. The van der Waals surface area contributed by atoms with Crippen LogP contribution in [0.1, 0.15) is 10.4 Å². The second kappa shape index (κ2) is 6.11. The smallest absolute Gasteiger partial charge is 0.261 e. The molecule has 0 fully saturated rings. The highest BCUT2D eigenvalue weighted by atomic mass is 35.5. The van der Waals surface area contributed by atoms with Crippen molar-refractivity contribution in [2.45, 2.75) is 0 Å². The Balaban J connectivity index is 2.32. The second-order valence-corrected chi connectivity index (χ2v) is 4.78. The van der Waals surface area contributed by atoms with E-state index in [1.807, 2.05) is 0 Å². The average Bonchev–Trinajstić information content (AvgIpc) is 2.46. The number of carbonyl (C=O) groups excluding carboxylic acids is 1. The zero-order valence-electron chi connectivity index (χ0n) is 10.9.